The first kappa shape index (κ1) is 19.4. The van der Waals surface area contributed by atoms with Gasteiger partial charge < -0.3 is 15.2 Å². The number of unbranched alkanes of at least 4 members (excludes halogenated alkanes) is 1. The van der Waals surface area contributed by atoms with Crippen LogP contribution in [0.2, 0.25) is 0 Å². The Morgan fingerprint density at radius 2 is 2.10 bits per heavy atom. The van der Waals surface area contributed by atoms with Crippen LogP contribution in [0.3, 0.4) is 0 Å². The standard InChI is InChI=1S/C21H26FN5O2/c1-2-3-10-28-21-25-19(23)20-24-13-15(27(20)26-21)11-14-8-9-17(12-18(14)22)29-16-6-4-5-7-16/h8-9,12-13,16H,2-7,10-11H2,1H3,(H2,23,25,26). The molecule has 2 N–H and O–H groups in total. The van der Waals surface area contributed by atoms with Gasteiger partial charge in [-0.05, 0) is 43.7 Å². The molecule has 0 amide bonds. The van der Waals surface area contributed by atoms with Gasteiger partial charge in [-0.15, -0.1) is 5.10 Å². The number of hydrogen-bond donors (Lipinski definition) is 1. The molecular formula is C21H26FN5O2. The first-order valence-corrected chi connectivity index (χ1v) is 10.2. The van der Waals surface area contributed by atoms with Crippen LogP contribution < -0.4 is 15.2 Å². The maximum absolute atomic E-state index is 14.7. The van der Waals surface area contributed by atoms with Gasteiger partial charge in [0.25, 0.3) is 0 Å². The molecule has 7 nitrogen and oxygen atoms in total. The number of nitrogens with two attached hydrogens (primary N) is 1. The SMILES string of the molecule is CCCCOc1nc(N)c2ncc(Cc3ccc(OC4CCCC4)cc3F)n2n1. The number of halogens is 1. The quantitative estimate of drug-likeness (QED) is 0.578. The van der Waals surface area contributed by atoms with Crippen LogP contribution in [0.1, 0.15) is 56.7 Å². The fourth-order valence-corrected chi connectivity index (χ4v) is 3.56. The zero-order chi connectivity index (χ0) is 20.2. The zero-order valence-corrected chi connectivity index (χ0v) is 16.6. The van der Waals surface area contributed by atoms with Crippen molar-refractivity contribution in [2.75, 3.05) is 12.3 Å². The molecular weight excluding hydrogens is 373 g/mol. The Kier molecular flexibility index (Phi) is 5.78. The molecule has 0 unspecified atom stereocenters. The van der Waals surface area contributed by atoms with Gasteiger partial charge in [-0.1, -0.05) is 19.4 Å². The molecule has 1 aliphatic rings. The van der Waals surface area contributed by atoms with Crippen LogP contribution >= 0.6 is 0 Å². The lowest BCUT2D eigenvalue weighted by molar-refractivity contribution is 0.209. The van der Waals surface area contributed by atoms with Crippen LogP contribution in [-0.2, 0) is 6.42 Å². The summed E-state index contributed by atoms with van der Waals surface area (Å²) in [6.07, 6.45) is 8.49. The van der Waals surface area contributed by atoms with E-state index in [1.807, 2.05) is 6.07 Å². The third-order valence-corrected chi connectivity index (χ3v) is 5.17. The maximum Gasteiger partial charge on any atom is 0.336 e. The highest BCUT2D eigenvalue weighted by Gasteiger charge is 2.18. The number of fused-ring (bicyclic) bond motifs is 1. The van der Waals surface area contributed by atoms with Gasteiger partial charge in [0.05, 0.1) is 24.6 Å². The van der Waals surface area contributed by atoms with Crippen LogP contribution in [-0.4, -0.2) is 32.3 Å². The topological polar surface area (TPSA) is 87.6 Å². The predicted molar refractivity (Wildman–Crippen MR) is 108 cm³/mol. The van der Waals surface area contributed by atoms with Gasteiger partial charge in [-0.25, -0.2) is 13.9 Å². The second-order valence-corrected chi connectivity index (χ2v) is 7.42. The van der Waals surface area contributed by atoms with E-state index in [4.69, 9.17) is 15.2 Å². The van der Waals surface area contributed by atoms with Gasteiger partial charge in [-0.3, -0.25) is 0 Å². The third-order valence-electron chi connectivity index (χ3n) is 5.17. The summed E-state index contributed by atoms with van der Waals surface area (Å²) < 4.78 is 27.7. The molecule has 0 saturated heterocycles. The van der Waals surface area contributed by atoms with Gasteiger partial charge in [0, 0.05) is 12.5 Å². The lowest BCUT2D eigenvalue weighted by Gasteiger charge is -2.14. The number of rotatable bonds is 8. The molecule has 0 bridgehead atoms. The summed E-state index contributed by atoms with van der Waals surface area (Å²) in [6.45, 7) is 2.59. The molecule has 0 aliphatic heterocycles. The van der Waals surface area contributed by atoms with Crippen LogP contribution in [0.15, 0.2) is 24.4 Å². The number of anilines is 1. The molecule has 1 saturated carbocycles. The molecule has 1 aromatic carbocycles. The van der Waals surface area contributed by atoms with E-state index in [0.717, 1.165) is 25.7 Å². The molecule has 1 aliphatic carbocycles. The fraction of sp³-hybridized carbons (Fsp3) is 0.476. The average Bonchev–Trinajstić information content (AvgIpc) is 3.35. The van der Waals surface area contributed by atoms with E-state index >= 15 is 0 Å². The Morgan fingerprint density at radius 3 is 2.86 bits per heavy atom. The van der Waals surface area contributed by atoms with E-state index in [2.05, 4.69) is 22.0 Å². The minimum Gasteiger partial charge on any atom is -0.490 e. The van der Waals surface area contributed by atoms with E-state index in [-0.39, 0.29) is 23.7 Å². The largest absolute Gasteiger partial charge is 0.490 e. The van der Waals surface area contributed by atoms with Crippen LogP contribution in [0.4, 0.5) is 10.2 Å². The molecule has 2 heterocycles. The summed E-state index contributed by atoms with van der Waals surface area (Å²) in [5.74, 6) is 0.505. The molecule has 3 aromatic rings. The Morgan fingerprint density at radius 1 is 1.28 bits per heavy atom. The molecule has 0 spiro atoms. The van der Waals surface area contributed by atoms with Crippen LogP contribution in [0.5, 0.6) is 11.8 Å². The fourth-order valence-electron chi connectivity index (χ4n) is 3.56. The summed E-state index contributed by atoms with van der Waals surface area (Å²) in [6, 6.07) is 5.23. The molecule has 0 atom stereocenters. The van der Waals surface area contributed by atoms with E-state index in [0.29, 0.717) is 35.7 Å². The molecule has 154 valence electrons. The van der Waals surface area contributed by atoms with Gasteiger partial charge in [-0.2, -0.15) is 4.98 Å². The van der Waals surface area contributed by atoms with E-state index in [9.17, 15) is 4.39 Å². The second kappa shape index (κ2) is 8.63. The molecule has 1 fully saturated rings. The molecule has 2 aromatic heterocycles. The lowest BCUT2D eigenvalue weighted by Crippen LogP contribution is -2.11. The Balaban J connectivity index is 1.53. The number of benzene rings is 1. The number of aromatic nitrogens is 4. The van der Waals surface area contributed by atoms with Crippen molar-refractivity contribution in [3.8, 4) is 11.8 Å². The van der Waals surface area contributed by atoms with E-state index in [1.165, 1.54) is 18.9 Å². The van der Waals surface area contributed by atoms with Crippen LogP contribution in [0, 0.1) is 5.82 Å². The third kappa shape index (κ3) is 4.41. The molecule has 8 heteroatoms. The van der Waals surface area contributed by atoms with Crippen molar-refractivity contribution in [3.63, 3.8) is 0 Å². The Hall–Kier alpha value is -2.90. The van der Waals surface area contributed by atoms with Gasteiger partial charge in [0.2, 0.25) is 0 Å². The summed E-state index contributed by atoms with van der Waals surface area (Å²) in [5, 5.41) is 4.37. The van der Waals surface area contributed by atoms with Crippen LogP contribution in [0.25, 0.3) is 5.65 Å². The molecule has 29 heavy (non-hydrogen) atoms. The summed E-state index contributed by atoms with van der Waals surface area (Å²) in [7, 11) is 0. The van der Waals surface area contributed by atoms with Crippen molar-refractivity contribution in [2.45, 2.75) is 58.0 Å². The van der Waals surface area contributed by atoms with Crippen molar-refractivity contribution in [1.82, 2.24) is 19.6 Å². The number of ether oxygens (including phenoxy) is 2. The van der Waals surface area contributed by atoms with Crippen molar-refractivity contribution in [1.29, 1.82) is 0 Å². The first-order chi connectivity index (χ1) is 14.1. The number of nitrogens with zero attached hydrogens (tertiary/aromatic N) is 4. The normalized spacial score (nSPS) is 14.6. The highest BCUT2D eigenvalue weighted by atomic mass is 19.1. The second-order valence-electron chi connectivity index (χ2n) is 7.42. The molecule has 4 rings (SSSR count). The van der Waals surface area contributed by atoms with Gasteiger partial charge in [0.1, 0.15) is 11.6 Å². The highest BCUT2D eigenvalue weighted by Crippen LogP contribution is 2.26. The smallest absolute Gasteiger partial charge is 0.336 e. The van der Waals surface area contributed by atoms with Crippen molar-refractivity contribution in [3.05, 3.63) is 41.5 Å². The summed E-state index contributed by atoms with van der Waals surface area (Å²) in [5.41, 5.74) is 7.67. The molecule has 0 radical (unpaired) electrons. The highest BCUT2D eigenvalue weighted by molar-refractivity contribution is 5.59. The predicted octanol–water partition coefficient (Wildman–Crippen LogP) is 3.94. The van der Waals surface area contributed by atoms with Gasteiger partial charge >= 0.3 is 6.01 Å². The number of hydrogen-bond acceptors (Lipinski definition) is 6. The summed E-state index contributed by atoms with van der Waals surface area (Å²) in [4.78, 5) is 8.42. The monoisotopic (exact) mass is 399 g/mol. The van der Waals surface area contributed by atoms with Crippen molar-refractivity contribution < 1.29 is 13.9 Å². The van der Waals surface area contributed by atoms with Gasteiger partial charge in [0.15, 0.2) is 11.5 Å². The number of imidazole rings is 1. The van der Waals surface area contributed by atoms with E-state index < -0.39 is 0 Å². The number of nitrogen functional groups attached to an aromatic ring is 1. The minimum absolute atomic E-state index is 0.198. The average molecular weight is 399 g/mol. The minimum atomic E-state index is -0.308. The zero-order valence-electron chi connectivity index (χ0n) is 16.6. The Bertz CT molecular complexity index is 985. The summed E-state index contributed by atoms with van der Waals surface area (Å²) >= 11 is 0. The lowest BCUT2D eigenvalue weighted by atomic mass is 10.1. The first-order valence-electron chi connectivity index (χ1n) is 10.2. The maximum atomic E-state index is 14.7. The van der Waals surface area contributed by atoms with Crippen molar-refractivity contribution in [2.24, 2.45) is 0 Å². The van der Waals surface area contributed by atoms with Crippen molar-refractivity contribution >= 4 is 11.5 Å². The van der Waals surface area contributed by atoms with E-state index in [1.54, 1.807) is 16.8 Å². The Labute approximate surface area is 169 Å².